The molecule has 7 heteroatoms. The largest absolute Gasteiger partial charge is 0.488 e. The van der Waals surface area contributed by atoms with E-state index in [1.165, 1.54) is 20.0 Å². The lowest BCUT2D eigenvalue weighted by Crippen LogP contribution is -2.42. The molecule has 2 heterocycles. The van der Waals surface area contributed by atoms with Gasteiger partial charge in [-0.1, -0.05) is 0 Å². The average Bonchev–Trinajstić information content (AvgIpc) is 3.37. The van der Waals surface area contributed by atoms with E-state index in [-0.39, 0.29) is 12.1 Å². The molecule has 30 heavy (non-hydrogen) atoms. The number of nitrogens with zero attached hydrogens (tertiary/aromatic N) is 3. The van der Waals surface area contributed by atoms with E-state index >= 15 is 0 Å². The second kappa shape index (κ2) is 8.04. The van der Waals surface area contributed by atoms with Gasteiger partial charge >= 0.3 is 5.97 Å². The number of methoxy groups -OCH3 is 1. The highest BCUT2D eigenvalue weighted by Gasteiger charge is 2.43. The fourth-order valence-electron chi connectivity index (χ4n) is 5.06. The number of hydrogen-bond donors (Lipinski definition) is 1. The molecular formula is C23H29N3O4. The van der Waals surface area contributed by atoms with Crippen LogP contribution >= 0.6 is 0 Å². The Labute approximate surface area is 176 Å². The fraction of sp³-hybridized carbons (Fsp3) is 0.565. The smallest absolute Gasteiger partial charge is 0.337 e. The predicted octanol–water partition coefficient (Wildman–Crippen LogP) is 2.65. The van der Waals surface area contributed by atoms with Crippen molar-refractivity contribution < 1.29 is 19.4 Å². The van der Waals surface area contributed by atoms with Crippen molar-refractivity contribution in [1.82, 2.24) is 14.5 Å². The van der Waals surface area contributed by atoms with Gasteiger partial charge in [-0.05, 0) is 61.8 Å². The summed E-state index contributed by atoms with van der Waals surface area (Å²) in [6.07, 6.45) is 7.47. The molecule has 0 amide bonds. The second-order valence-corrected chi connectivity index (χ2v) is 8.91. The van der Waals surface area contributed by atoms with Crippen LogP contribution in [0.2, 0.25) is 0 Å². The number of carbonyl (C=O) groups excluding carboxylic acids is 1. The molecule has 0 unspecified atom stereocenters. The van der Waals surface area contributed by atoms with Crippen LogP contribution in [0.15, 0.2) is 36.7 Å². The Kier molecular flexibility index (Phi) is 5.25. The summed E-state index contributed by atoms with van der Waals surface area (Å²) in [7, 11) is 1.37. The molecule has 7 nitrogen and oxygen atoms in total. The van der Waals surface area contributed by atoms with Crippen molar-refractivity contribution in [1.29, 1.82) is 0 Å². The van der Waals surface area contributed by atoms with Crippen molar-refractivity contribution in [2.75, 3.05) is 20.2 Å². The van der Waals surface area contributed by atoms with Crippen LogP contribution in [0.4, 0.5) is 0 Å². The highest BCUT2D eigenvalue weighted by molar-refractivity contribution is 5.89. The maximum atomic E-state index is 11.6. The minimum Gasteiger partial charge on any atom is -0.488 e. The van der Waals surface area contributed by atoms with E-state index in [2.05, 4.69) is 20.6 Å². The number of imidazole rings is 1. The molecule has 5 rings (SSSR count). The van der Waals surface area contributed by atoms with Gasteiger partial charge in [0.15, 0.2) is 0 Å². The number of carbonyl (C=O) groups is 1. The fourth-order valence-corrected chi connectivity index (χ4v) is 5.06. The van der Waals surface area contributed by atoms with E-state index in [9.17, 15) is 9.90 Å². The number of aliphatic hydroxyl groups excluding tert-OH is 1. The number of hydrogen-bond acceptors (Lipinski definition) is 6. The highest BCUT2D eigenvalue weighted by Crippen LogP contribution is 2.39. The van der Waals surface area contributed by atoms with Gasteiger partial charge in [-0.15, -0.1) is 0 Å². The van der Waals surface area contributed by atoms with Gasteiger partial charge in [0, 0.05) is 31.5 Å². The molecule has 2 aliphatic carbocycles. The minimum absolute atomic E-state index is 0.219. The summed E-state index contributed by atoms with van der Waals surface area (Å²) in [6, 6.07) is 7.57. The summed E-state index contributed by atoms with van der Waals surface area (Å²) in [5.41, 5.74) is 0.491. The molecule has 1 aromatic carbocycles. The number of likely N-dealkylation sites (tertiary alicyclic amines) is 1. The van der Waals surface area contributed by atoms with Crippen molar-refractivity contribution >= 4 is 5.97 Å². The van der Waals surface area contributed by atoms with Crippen molar-refractivity contribution in [3.8, 4) is 5.75 Å². The molecule has 0 bridgehead atoms. The van der Waals surface area contributed by atoms with E-state index < -0.39 is 6.10 Å². The lowest BCUT2D eigenvalue weighted by Gasteiger charge is -2.35. The molecular weight excluding hydrogens is 382 g/mol. The number of ether oxygens (including phenoxy) is 2. The summed E-state index contributed by atoms with van der Waals surface area (Å²) in [5.74, 6) is 2.50. The zero-order valence-corrected chi connectivity index (χ0v) is 17.3. The molecule has 2 aromatic rings. The van der Waals surface area contributed by atoms with Crippen molar-refractivity contribution in [3.63, 3.8) is 0 Å². The molecule has 160 valence electrons. The number of esters is 1. The summed E-state index contributed by atoms with van der Waals surface area (Å²) < 4.78 is 13.2. The third-order valence-electron chi connectivity index (χ3n) is 6.78. The zero-order valence-electron chi connectivity index (χ0n) is 17.3. The first-order valence-electron chi connectivity index (χ1n) is 10.9. The number of benzene rings is 1. The third kappa shape index (κ3) is 3.96. The summed E-state index contributed by atoms with van der Waals surface area (Å²) in [5, 5.41) is 10.7. The van der Waals surface area contributed by atoms with Crippen molar-refractivity contribution in [2.24, 2.45) is 11.8 Å². The average molecular weight is 412 g/mol. The Hall–Kier alpha value is -2.38. The Balaban J connectivity index is 1.19. The molecule has 1 saturated heterocycles. The number of aromatic nitrogens is 2. The maximum absolute atomic E-state index is 11.6. The van der Waals surface area contributed by atoms with Crippen LogP contribution in [0.25, 0.3) is 0 Å². The van der Waals surface area contributed by atoms with Crippen LogP contribution in [0.5, 0.6) is 5.75 Å². The van der Waals surface area contributed by atoms with Crippen LogP contribution in [-0.2, 0) is 11.3 Å². The quantitative estimate of drug-likeness (QED) is 0.737. The van der Waals surface area contributed by atoms with Gasteiger partial charge in [0.2, 0.25) is 0 Å². The van der Waals surface area contributed by atoms with E-state index in [0.29, 0.717) is 29.2 Å². The molecule has 2 saturated carbocycles. The zero-order chi connectivity index (χ0) is 20.7. The highest BCUT2D eigenvalue weighted by atomic mass is 16.5. The summed E-state index contributed by atoms with van der Waals surface area (Å²) >= 11 is 0. The first-order valence-corrected chi connectivity index (χ1v) is 10.9. The van der Waals surface area contributed by atoms with Gasteiger partial charge in [0.05, 0.1) is 25.3 Å². The Morgan fingerprint density at radius 2 is 1.90 bits per heavy atom. The Bertz CT molecular complexity index is 892. The first kappa shape index (κ1) is 19.6. The molecule has 0 spiro atoms. The lowest BCUT2D eigenvalue weighted by molar-refractivity contribution is -0.0231. The van der Waals surface area contributed by atoms with Crippen LogP contribution < -0.4 is 4.74 Å². The Morgan fingerprint density at radius 3 is 2.60 bits per heavy atom. The van der Waals surface area contributed by atoms with Gasteiger partial charge in [0.25, 0.3) is 0 Å². The van der Waals surface area contributed by atoms with Gasteiger partial charge in [0.1, 0.15) is 17.7 Å². The van der Waals surface area contributed by atoms with E-state index in [1.807, 2.05) is 6.20 Å². The van der Waals surface area contributed by atoms with E-state index in [4.69, 9.17) is 9.47 Å². The van der Waals surface area contributed by atoms with Crippen LogP contribution in [0, 0.1) is 11.8 Å². The topological polar surface area (TPSA) is 76.8 Å². The van der Waals surface area contributed by atoms with Crippen LogP contribution in [0.1, 0.15) is 47.9 Å². The molecule has 1 N–H and O–H groups in total. The van der Waals surface area contributed by atoms with Gasteiger partial charge in [-0.25, -0.2) is 9.78 Å². The molecule has 0 radical (unpaired) electrons. The Morgan fingerprint density at radius 1 is 1.17 bits per heavy atom. The second-order valence-electron chi connectivity index (χ2n) is 8.91. The molecule has 3 fully saturated rings. The monoisotopic (exact) mass is 411 g/mol. The summed E-state index contributed by atoms with van der Waals surface area (Å²) in [6.45, 7) is 2.92. The van der Waals surface area contributed by atoms with Crippen molar-refractivity contribution in [2.45, 2.75) is 50.5 Å². The SMILES string of the molecule is COC(=O)c1ccc(O[C@@H]2C[C@@H]3CN(Cc4nccn4C4CC4)C[C@@H]3C[C@H]2O)cc1. The van der Waals surface area contributed by atoms with Crippen LogP contribution in [0.3, 0.4) is 0 Å². The lowest BCUT2D eigenvalue weighted by atomic mass is 9.78. The van der Waals surface area contributed by atoms with Gasteiger partial charge in [-0.3, -0.25) is 4.90 Å². The van der Waals surface area contributed by atoms with Crippen LogP contribution in [-0.4, -0.2) is 57.9 Å². The molecule has 1 aliphatic heterocycles. The first-order chi connectivity index (χ1) is 14.6. The predicted molar refractivity (Wildman–Crippen MR) is 110 cm³/mol. The number of fused-ring (bicyclic) bond motifs is 1. The molecule has 4 atom stereocenters. The number of aliphatic hydroxyl groups is 1. The van der Waals surface area contributed by atoms with Gasteiger partial charge in [-0.2, -0.15) is 0 Å². The third-order valence-corrected chi connectivity index (χ3v) is 6.78. The number of rotatable bonds is 6. The molecule has 3 aliphatic rings. The van der Waals surface area contributed by atoms with Crippen molar-refractivity contribution in [3.05, 3.63) is 48.0 Å². The van der Waals surface area contributed by atoms with Gasteiger partial charge < -0.3 is 19.1 Å². The molecule has 1 aromatic heterocycles. The van der Waals surface area contributed by atoms with E-state index in [1.54, 1.807) is 24.3 Å². The van der Waals surface area contributed by atoms with E-state index in [0.717, 1.165) is 38.3 Å². The standard InChI is InChI=1S/C23H29N3O4/c1-29-23(28)15-2-6-19(7-3-15)30-21-11-17-13-25(12-16(17)10-20(21)27)14-22-24-8-9-26(22)18-4-5-18/h2-3,6-9,16-18,20-21,27H,4-5,10-14H2,1H3/t16-,17+,20+,21+/m0/s1. The maximum Gasteiger partial charge on any atom is 0.337 e. The summed E-state index contributed by atoms with van der Waals surface area (Å²) in [4.78, 5) is 18.7. The normalized spacial score (nSPS) is 28.9. The minimum atomic E-state index is -0.472.